The van der Waals surface area contributed by atoms with Crippen LogP contribution < -0.4 is 10.2 Å². The molecule has 1 aliphatic heterocycles. The molecule has 0 bridgehead atoms. The maximum Gasteiger partial charge on any atom is 0.432 e. The molecule has 2 aromatic carbocycles. The van der Waals surface area contributed by atoms with Crippen LogP contribution in [0.15, 0.2) is 57.9 Å². The van der Waals surface area contributed by atoms with Crippen LogP contribution in [0.4, 0.5) is 4.79 Å². The molecule has 0 atom stereocenters. The molecule has 0 aliphatic carbocycles. The maximum atomic E-state index is 13.7. The van der Waals surface area contributed by atoms with E-state index < -0.39 is 20.9 Å². The van der Waals surface area contributed by atoms with Crippen LogP contribution >= 0.6 is 15.9 Å². The first-order chi connectivity index (χ1) is 17.8. The van der Waals surface area contributed by atoms with E-state index in [2.05, 4.69) is 39.6 Å². The number of amides is 1. The molecule has 0 aromatic heterocycles. The van der Waals surface area contributed by atoms with Crippen molar-refractivity contribution in [1.82, 2.24) is 10.4 Å². The number of nitrogens with one attached hydrogen (secondary N) is 1. The Kier molecular flexibility index (Phi) is 10.8. The van der Waals surface area contributed by atoms with Gasteiger partial charge in [-0.05, 0) is 48.4 Å². The van der Waals surface area contributed by atoms with Gasteiger partial charge < -0.3 is 9.47 Å². The van der Waals surface area contributed by atoms with E-state index in [1.54, 1.807) is 12.1 Å². The van der Waals surface area contributed by atoms with Gasteiger partial charge in [-0.15, -0.1) is 0 Å². The molecular formula is C27H33BrN2O6S. The van der Waals surface area contributed by atoms with Gasteiger partial charge in [0.05, 0.1) is 4.90 Å². The Morgan fingerprint density at radius 3 is 2.38 bits per heavy atom. The Morgan fingerprint density at radius 1 is 1.08 bits per heavy atom. The third-order valence-electron chi connectivity index (χ3n) is 6.27. The first kappa shape index (κ1) is 29.0. The lowest BCUT2D eigenvalue weighted by atomic mass is 10.1. The highest BCUT2D eigenvalue weighted by Gasteiger charge is 2.50. The van der Waals surface area contributed by atoms with Crippen LogP contribution in [-0.4, -0.2) is 49.2 Å². The highest BCUT2D eigenvalue weighted by Crippen LogP contribution is 2.37. The monoisotopic (exact) mass is 592 g/mol. The minimum Gasteiger partial charge on any atom is -0.481 e. The average Bonchev–Trinajstić information content (AvgIpc) is 2.90. The van der Waals surface area contributed by atoms with Crippen molar-refractivity contribution < 1.29 is 27.9 Å². The predicted molar refractivity (Wildman–Crippen MR) is 144 cm³/mol. The van der Waals surface area contributed by atoms with Gasteiger partial charge in [-0.25, -0.2) is 18.7 Å². The molecule has 1 amide bonds. The number of carbonyl (C=O) groups is 1. The Morgan fingerprint density at radius 2 is 1.76 bits per heavy atom. The number of halogens is 1. The number of rotatable bonds is 10. The molecule has 10 heteroatoms. The first-order valence-corrected chi connectivity index (χ1v) is 14.6. The van der Waals surface area contributed by atoms with Crippen LogP contribution in [-0.2, 0) is 21.1 Å². The van der Waals surface area contributed by atoms with E-state index >= 15 is 0 Å². The summed E-state index contributed by atoms with van der Waals surface area (Å²) >= 11 is 3.42. The molecule has 0 spiro atoms. The van der Waals surface area contributed by atoms with Crippen LogP contribution in [0.5, 0.6) is 5.75 Å². The summed E-state index contributed by atoms with van der Waals surface area (Å²) in [4.78, 5) is 12.3. The summed E-state index contributed by atoms with van der Waals surface area (Å²) in [6.07, 6.45) is 3.11. The van der Waals surface area contributed by atoms with E-state index in [0.29, 0.717) is 25.4 Å². The summed E-state index contributed by atoms with van der Waals surface area (Å²) in [5.74, 6) is 6.52. The maximum absolute atomic E-state index is 13.7. The lowest BCUT2D eigenvalue weighted by Crippen LogP contribution is -2.52. The SMILES string of the molecule is CCCCCC#CCOc1ccc(S(=O)(=O)C2(OC(=O)NO)CCN(Cc3ccc(Br)cc3)CC2)cc1. The molecule has 0 radical (unpaired) electrons. The molecule has 3 rings (SSSR count). The van der Waals surface area contributed by atoms with E-state index in [0.717, 1.165) is 35.7 Å². The molecule has 200 valence electrons. The van der Waals surface area contributed by atoms with E-state index in [9.17, 15) is 13.2 Å². The molecule has 0 saturated carbocycles. The summed E-state index contributed by atoms with van der Waals surface area (Å²) in [5, 5.41) is 9.02. The van der Waals surface area contributed by atoms with E-state index in [1.807, 2.05) is 24.3 Å². The number of ether oxygens (including phenoxy) is 2. The van der Waals surface area contributed by atoms with Crippen molar-refractivity contribution in [3.63, 3.8) is 0 Å². The number of unbranched alkanes of at least 4 members (excludes halogenated alkanes) is 3. The lowest BCUT2D eigenvalue weighted by Gasteiger charge is -2.40. The third-order valence-corrected chi connectivity index (χ3v) is 9.16. The summed E-state index contributed by atoms with van der Waals surface area (Å²) in [6.45, 7) is 3.79. The van der Waals surface area contributed by atoms with Gasteiger partial charge in [0, 0.05) is 43.4 Å². The standard InChI is InChI=1S/C27H33BrN2O6S/c1-2-3-4-5-6-7-20-35-24-12-14-25(15-13-24)37(33,34)27(36-26(31)29-32)16-18-30(19-17-27)21-22-8-10-23(28)11-9-22/h8-15,32H,2-5,16-21H2,1H3,(H,29,31). The second-order valence-electron chi connectivity index (χ2n) is 8.89. The van der Waals surface area contributed by atoms with E-state index in [4.69, 9.17) is 14.7 Å². The number of likely N-dealkylation sites (tertiary alicyclic amines) is 1. The van der Waals surface area contributed by atoms with E-state index in [1.165, 1.54) is 17.6 Å². The lowest BCUT2D eigenvalue weighted by molar-refractivity contribution is 0.000287. The molecule has 1 aliphatic rings. The Hall–Kier alpha value is -2.58. The molecular weight excluding hydrogens is 560 g/mol. The number of piperidine rings is 1. The van der Waals surface area contributed by atoms with Crippen LogP contribution in [0.25, 0.3) is 0 Å². The fraction of sp³-hybridized carbons (Fsp3) is 0.444. The van der Waals surface area contributed by atoms with Crippen LogP contribution in [0.1, 0.15) is 51.0 Å². The number of hydroxylamine groups is 1. The minimum absolute atomic E-state index is 0.0117. The van der Waals surface area contributed by atoms with Crippen LogP contribution in [0, 0.1) is 11.8 Å². The summed E-state index contributed by atoms with van der Waals surface area (Å²) < 4.78 is 39.3. The fourth-order valence-electron chi connectivity index (χ4n) is 4.17. The van der Waals surface area contributed by atoms with Gasteiger partial charge in [0.2, 0.25) is 14.8 Å². The molecule has 2 N–H and O–H groups in total. The van der Waals surface area contributed by atoms with Gasteiger partial charge in [-0.3, -0.25) is 10.1 Å². The van der Waals surface area contributed by atoms with Crippen molar-refractivity contribution in [2.75, 3.05) is 19.7 Å². The Bertz CT molecular complexity index is 1180. The highest BCUT2D eigenvalue weighted by atomic mass is 79.9. The molecule has 1 saturated heterocycles. The number of hydrogen-bond donors (Lipinski definition) is 2. The number of sulfone groups is 1. The molecule has 1 heterocycles. The zero-order chi connectivity index (χ0) is 26.7. The fourth-order valence-corrected chi connectivity index (χ4v) is 6.26. The van der Waals surface area contributed by atoms with Crippen molar-refractivity contribution in [2.45, 2.75) is 61.8 Å². The van der Waals surface area contributed by atoms with Gasteiger partial charge >= 0.3 is 6.09 Å². The van der Waals surface area contributed by atoms with Crippen molar-refractivity contribution in [1.29, 1.82) is 0 Å². The van der Waals surface area contributed by atoms with Gasteiger partial charge in [0.1, 0.15) is 12.4 Å². The second-order valence-corrected chi connectivity index (χ2v) is 12.0. The van der Waals surface area contributed by atoms with Crippen molar-refractivity contribution in [3.05, 3.63) is 58.6 Å². The van der Waals surface area contributed by atoms with Gasteiger partial charge in [0.15, 0.2) is 0 Å². The molecule has 37 heavy (non-hydrogen) atoms. The number of carbonyl (C=O) groups excluding carboxylic acids is 1. The van der Waals surface area contributed by atoms with Gasteiger partial charge in [-0.1, -0.05) is 59.7 Å². The van der Waals surface area contributed by atoms with Crippen LogP contribution in [0.2, 0.25) is 0 Å². The Balaban J connectivity index is 1.68. The topological polar surface area (TPSA) is 105 Å². The highest BCUT2D eigenvalue weighted by molar-refractivity contribution is 9.10. The first-order valence-electron chi connectivity index (χ1n) is 12.3. The summed E-state index contributed by atoms with van der Waals surface area (Å²) in [7, 11) is -4.10. The summed E-state index contributed by atoms with van der Waals surface area (Å²) in [6, 6.07) is 13.9. The van der Waals surface area contributed by atoms with Crippen molar-refractivity contribution in [3.8, 4) is 17.6 Å². The van der Waals surface area contributed by atoms with Gasteiger partial charge in [-0.2, -0.15) is 0 Å². The normalized spacial score (nSPS) is 15.3. The molecule has 8 nitrogen and oxygen atoms in total. The van der Waals surface area contributed by atoms with Crippen LogP contribution in [0.3, 0.4) is 0 Å². The molecule has 0 unspecified atom stereocenters. The van der Waals surface area contributed by atoms with E-state index in [-0.39, 0.29) is 24.3 Å². The smallest absolute Gasteiger partial charge is 0.432 e. The number of hydrogen-bond acceptors (Lipinski definition) is 7. The van der Waals surface area contributed by atoms with Gasteiger partial charge in [0.25, 0.3) is 0 Å². The zero-order valence-corrected chi connectivity index (χ0v) is 23.3. The Labute approximate surface area is 227 Å². The minimum atomic E-state index is -4.10. The summed E-state index contributed by atoms with van der Waals surface area (Å²) in [5.41, 5.74) is 2.49. The average molecular weight is 594 g/mol. The molecule has 1 fully saturated rings. The number of benzene rings is 2. The second kappa shape index (κ2) is 13.8. The van der Waals surface area contributed by atoms with Crippen molar-refractivity contribution in [2.24, 2.45) is 0 Å². The quantitative estimate of drug-likeness (QED) is 0.167. The van der Waals surface area contributed by atoms with Crippen molar-refractivity contribution >= 4 is 31.9 Å². The molecule has 2 aromatic rings. The largest absolute Gasteiger partial charge is 0.481 e. The third kappa shape index (κ3) is 7.95. The predicted octanol–water partition coefficient (Wildman–Crippen LogP) is 5.29. The number of nitrogens with zero attached hydrogens (tertiary/aromatic N) is 1. The zero-order valence-electron chi connectivity index (χ0n) is 20.9.